The Labute approximate surface area is 126 Å². The number of benzene rings is 3. The number of likely N-dealkylation sites (N-methyl/N-ethyl adjacent to an activating group) is 1. The van der Waals surface area contributed by atoms with Gasteiger partial charge in [-0.2, -0.15) is 0 Å². The van der Waals surface area contributed by atoms with Crippen LogP contribution in [-0.2, 0) is 0 Å². The van der Waals surface area contributed by atoms with Crippen LogP contribution in [0.15, 0.2) is 72.8 Å². The summed E-state index contributed by atoms with van der Waals surface area (Å²) in [6.45, 7) is 4.40. The quantitative estimate of drug-likeness (QED) is 0.726. The summed E-state index contributed by atoms with van der Waals surface area (Å²) in [4.78, 5) is 0. The van der Waals surface area contributed by atoms with Crippen LogP contribution in [0.5, 0.6) is 0 Å². The first kappa shape index (κ1) is 13.8. The van der Waals surface area contributed by atoms with Crippen LogP contribution in [0.4, 0.5) is 0 Å². The van der Waals surface area contributed by atoms with Crippen LogP contribution in [-0.4, -0.2) is 7.05 Å². The van der Waals surface area contributed by atoms with Gasteiger partial charge < -0.3 is 5.32 Å². The molecule has 105 valence electrons. The van der Waals surface area contributed by atoms with Gasteiger partial charge in [-0.3, -0.25) is 0 Å². The Bertz CT molecular complexity index is 718. The first-order valence-corrected chi connectivity index (χ1v) is 7.33. The van der Waals surface area contributed by atoms with Gasteiger partial charge in [-0.25, -0.2) is 0 Å². The van der Waals surface area contributed by atoms with Gasteiger partial charge in [0.1, 0.15) is 0 Å². The fourth-order valence-corrected chi connectivity index (χ4v) is 2.89. The molecule has 0 aliphatic heterocycles. The Hall–Kier alpha value is -2.12. The minimum atomic E-state index is 0.169. The van der Waals surface area contributed by atoms with Crippen molar-refractivity contribution in [1.29, 1.82) is 0 Å². The number of fused-ring (bicyclic) bond motifs is 1. The summed E-state index contributed by atoms with van der Waals surface area (Å²) in [5, 5.41) is 5.94. The highest BCUT2D eigenvalue weighted by Gasteiger charge is 2.19. The standard InChI is InChI=1S/C20H20N/c1-15(20(21-2)17-9-4-3-5-10-17)18-13-12-16-8-6-7-11-19(16)14-18/h3-15,20-21H,1H2,2H3/t15-,20+/m0/s1. The van der Waals surface area contributed by atoms with Gasteiger partial charge in [-0.15, -0.1) is 0 Å². The number of hydrogen-bond acceptors (Lipinski definition) is 1. The van der Waals surface area contributed by atoms with E-state index in [0.29, 0.717) is 0 Å². The van der Waals surface area contributed by atoms with E-state index in [0.717, 1.165) is 0 Å². The second-order valence-electron chi connectivity index (χ2n) is 5.39. The highest BCUT2D eigenvalue weighted by molar-refractivity contribution is 5.83. The maximum Gasteiger partial charge on any atom is 0.0387 e. The minimum absolute atomic E-state index is 0.169. The molecular formula is C20H20N. The predicted octanol–water partition coefficient (Wildman–Crippen LogP) is 4.72. The zero-order valence-electron chi connectivity index (χ0n) is 12.3. The fraction of sp³-hybridized carbons (Fsp3) is 0.150. The molecule has 1 heteroatoms. The molecule has 3 rings (SSSR count). The zero-order chi connectivity index (χ0) is 14.7. The van der Waals surface area contributed by atoms with E-state index < -0.39 is 0 Å². The van der Waals surface area contributed by atoms with Gasteiger partial charge in [0.25, 0.3) is 0 Å². The van der Waals surface area contributed by atoms with E-state index in [9.17, 15) is 0 Å². The first-order valence-electron chi connectivity index (χ1n) is 7.33. The molecule has 1 nitrogen and oxygen atoms in total. The lowest BCUT2D eigenvalue weighted by molar-refractivity contribution is 0.539. The van der Waals surface area contributed by atoms with E-state index in [2.05, 4.69) is 79.0 Å². The summed E-state index contributed by atoms with van der Waals surface area (Å²) < 4.78 is 0. The van der Waals surface area contributed by atoms with Crippen LogP contribution >= 0.6 is 0 Å². The molecule has 0 aromatic heterocycles. The molecule has 21 heavy (non-hydrogen) atoms. The Morgan fingerprint density at radius 3 is 2.14 bits per heavy atom. The summed E-state index contributed by atoms with van der Waals surface area (Å²) in [6.07, 6.45) is 0. The molecular weight excluding hydrogens is 254 g/mol. The van der Waals surface area contributed by atoms with Crippen LogP contribution in [0.3, 0.4) is 0 Å². The third-order valence-corrected chi connectivity index (χ3v) is 4.07. The highest BCUT2D eigenvalue weighted by Crippen LogP contribution is 2.31. The summed E-state index contributed by atoms with van der Waals surface area (Å²) in [6, 6.07) is 25.8. The number of nitrogens with one attached hydrogen (secondary N) is 1. The molecule has 0 saturated heterocycles. The van der Waals surface area contributed by atoms with E-state index in [1.807, 2.05) is 13.1 Å². The van der Waals surface area contributed by atoms with Gasteiger partial charge in [-0.1, -0.05) is 72.8 Å². The Balaban J connectivity index is 1.96. The molecule has 3 aromatic carbocycles. The van der Waals surface area contributed by atoms with E-state index in [1.165, 1.54) is 21.9 Å². The van der Waals surface area contributed by atoms with Crippen molar-refractivity contribution in [2.45, 2.75) is 12.0 Å². The zero-order valence-corrected chi connectivity index (χ0v) is 12.3. The molecule has 3 aromatic rings. The van der Waals surface area contributed by atoms with Crippen molar-refractivity contribution >= 4 is 10.8 Å². The average molecular weight is 274 g/mol. The average Bonchev–Trinajstić information content (AvgIpc) is 2.56. The van der Waals surface area contributed by atoms with Crippen LogP contribution in [0, 0.1) is 6.92 Å². The lowest BCUT2D eigenvalue weighted by Crippen LogP contribution is -2.22. The van der Waals surface area contributed by atoms with Gasteiger partial charge in [0.2, 0.25) is 0 Å². The molecule has 0 fully saturated rings. The molecule has 0 spiro atoms. The van der Waals surface area contributed by atoms with Crippen molar-refractivity contribution in [3.05, 3.63) is 90.8 Å². The maximum absolute atomic E-state index is 4.40. The summed E-state index contributed by atoms with van der Waals surface area (Å²) >= 11 is 0. The molecule has 0 amide bonds. The summed E-state index contributed by atoms with van der Waals surface area (Å²) in [7, 11) is 2.00. The third kappa shape index (κ3) is 2.84. The van der Waals surface area contributed by atoms with Crippen LogP contribution in [0.2, 0.25) is 0 Å². The van der Waals surface area contributed by atoms with Crippen LogP contribution in [0.25, 0.3) is 10.8 Å². The predicted molar refractivity (Wildman–Crippen MR) is 90.3 cm³/mol. The van der Waals surface area contributed by atoms with Crippen molar-refractivity contribution in [1.82, 2.24) is 5.32 Å². The molecule has 0 heterocycles. The van der Waals surface area contributed by atoms with Crippen molar-refractivity contribution in [3.8, 4) is 0 Å². The fourth-order valence-electron chi connectivity index (χ4n) is 2.89. The SMILES string of the molecule is [CH2][C@@H](c1ccc2ccccc2c1)[C@@H](NC)c1ccccc1. The first-order chi connectivity index (χ1) is 10.3. The topological polar surface area (TPSA) is 12.0 Å². The normalized spacial score (nSPS) is 14.0. The second-order valence-corrected chi connectivity index (χ2v) is 5.39. The summed E-state index contributed by atoms with van der Waals surface area (Å²) in [5.74, 6) is 0.169. The van der Waals surface area contributed by atoms with E-state index in [-0.39, 0.29) is 12.0 Å². The van der Waals surface area contributed by atoms with Gasteiger partial charge >= 0.3 is 0 Å². The van der Waals surface area contributed by atoms with Gasteiger partial charge in [0.05, 0.1) is 0 Å². The summed E-state index contributed by atoms with van der Waals surface area (Å²) in [5.41, 5.74) is 2.53. The molecule has 0 unspecified atom stereocenters. The lowest BCUT2D eigenvalue weighted by atomic mass is 9.87. The van der Waals surface area contributed by atoms with Crippen LogP contribution < -0.4 is 5.32 Å². The molecule has 1 N–H and O–H groups in total. The van der Waals surface area contributed by atoms with Crippen LogP contribution in [0.1, 0.15) is 23.1 Å². The third-order valence-electron chi connectivity index (χ3n) is 4.07. The largest absolute Gasteiger partial charge is 0.312 e. The van der Waals surface area contributed by atoms with E-state index >= 15 is 0 Å². The monoisotopic (exact) mass is 274 g/mol. The van der Waals surface area contributed by atoms with Crippen molar-refractivity contribution in [2.75, 3.05) is 7.05 Å². The lowest BCUT2D eigenvalue weighted by Gasteiger charge is -2.24. The van der Waals surface area contributed by atoms with Crippen molar-refractivity contribution < 1.29 is 0 Å². The van der Waals surface area contributed by atoms with Gasteiger partial charge in [0, 0.05) is 12.0 Å². The van der Waals surface area contributed by atoms with E-state index in [1.54, 1.807) is 0 Å². The van der Waals surface area contributed by atoms with Crippen molar-refractivity contribution in [3.63, 3.8) is 0 Å². The maximum atomic E-state index is 4.40. The molecule has 1 radical (unpaired) electrons. The Morgan fingerprint density at radius 2 is 1.43 bits per heavy atom. The number of rotatable bonds is 4. The molecule has 0 aliphatic carbocycles. The molecule has 2 atom stereocenters. The second kappa shape index (κ2) is 6.11. The Kier molecular flexibility index (Phi) is 4.03. The van der Waals surface area contributed by atoms with Gasteiger partial charge in [0.15, 0.2) is 0 Å². The smallest absolute Gasteiger partial charge is 0.0387 e. The van der Waals surface area contributed by atoms with Gasteiger partial charge in [-0.05, 0) is 35.9 Å². The van der Waals surface area contributed by atoms with Crippen molar-refractivity contribution in [2.24, 2.45) is 0 Å². The number of hydrogen-bond donors (Lipinski definition) is 1. The molecule has 0 saturated carbocycles. The van der Waals surface area contributed by atoms with E-state index in [4.69, 9.17) is 0 Å². The highest BCUT2D eigenvalue weighted by atomic mass is 14.9. The Morgan fingerprint density at radius 1 is 0.762 bits per heavy atom. The minimum Gasteiger partial charge on any atom is -0.312 e. The molecule has 0 aliphatic rings. The molecule has 0 bridgehead atoms.